The summed E-state index contributed by atoms with van der Waals surface area (Å²) in [5.74, 6) is 1.39. The summed E-state index contributed by atoms with van der Waals surface area (Å²) in [7, 11) is 0. The van der Waals surface area contributed by atoms with E-state index in [1.807, 2.05) is 18.2 Å². The highest BCUT2D eigenvalue weighted by Crippen LogP contribution is 2.20. The van der Waals surface area contributed by atoms with Crippen LogP contribution in [0, 0.1) is 11.3 Å². The summed E-state index contributed by atoms with van der Waals surface area (Å²) in [4.78, 5) is 0. The number of nitrogens with one attached hydrogen (secondary N) is 1. The fourth-order valence-corrected chi connectivity index (χ4v) is 2.60. The molecule has 0 saturated carbocycles. The first-order chi connectivity index (χ1) is 12.2. The SMILES string of the molecule is C[C@@H](NCc1nnc(-c2ccc(C#N)cc2)o1)[C@@H](C)c1ccccc1. The molecule has 0 amide bonds. The molecule has 0 unspecified atom stereocenters. The lowest BCUT2D eigenvalue weighted by Crippen LogP contribution is -2.30. The Balaban J connectivity index is 1.60. The highest BCUT2D eigenvalue weighted by atomic mass is 16.4. The largest absolute Gasteiger partial charge is 0.419 e. The molecule has 1 N–H and O–H groups in total. The molecule has 0 aliphatic carbocycles. The van der Waals surface area contributed by atoms with E-state index in [2.05, 4.69) is 59.7 Å². The Morgan fingerprint density at radius 3 is 2.44 bits per heavy atom. The van der Waals surface area contributed by atoms with Crippen LogP contribution in [0.25, 0.3) is 11.5 Å². The first kappa shape index (κ1) is 16.9. The fourth-order valence-electron chi connectivity index (χ4n) is 2.60. The molecule has 5 nitrogen and oxygen atoms in total. The third-order valence-corrected chi connectivity index (χ3v) is 4.38. The molecule has 3 aromatic rings. The lowest BCUT2D eigenvalue weighted by Gasteiger charge is -2.21. The first-order valence-corrected chi connectivity index (χ1v) is 8.28. The molecule has 0 fully saturated rings. The zero-order valence-electron chi connectivity index (χ0n) is 14.3. The van der Waals surface area contributed by atoms with E-state index in [-0.39, 0.29) is 6.04 Å². The minimum atomic E-state index is 0.271. The predicted octanol–water partition coefficient (Wildman–Crippen LogP) is 3.89. The van der Waals surface area contributed by atoms with Gasteiger partial charge in [-0.15, -0.1) is 10.2 Å². The molecule has 25 heavy (non-hydrogen) atoms. The van der Waals surface area contributed by atoms with Gasteiger partial charge in [0, 0.05) is 11.6 Å². The lowest BCUT2D eigenvalue weighted by molar-refractivity contribution is 0.423. The number of nitrogens with zero attached hydrogens (tertiary/aromatic N) is 3. The number of rotatable bonds is 6. The van der Waals surface area contributed by atoms with Gasteiger partial charge in [-0.05, 0) is 42.7 Å². The van der Waals surface area contributed by atoms with Crippen LogP contribution in [0.1, 0.15) is 36.8 Å². The zero-order chi connectivity index (χ0) is 17.6. The van der Waals surface area contributed by atoms with Crippen molar-refractivity contribution in [3.63, 3.8) is 0 Å². The van der Waals surface area contributed by atoms with Gasteiger partial charge in [0.25, 0.3) is 0 Å². The molecular weight excluding hydrogens is 312 g/mol. The summed E-state index contributed by atoms with van der Waals surface area (Å²) in [5, 5.41) is 20.5. The van der Waals surface area contributed by atoms with Crippen LogP contribution in [0.2, 0.25) is 0 Å². The van der Waals surface area contributed by atoms with Crippen molar-refractivity contribution < 1.29 is 4.42 Å². The number of hydrogen-bond acceptors (Lipinski definition) is 5. The van der Waals surface area contributed by atoms with Gasteiger partial charge in [-0.3, -0.25) is 0 Å². The number of hydrogen-bond donors (Lipinski definition) is 1. The molecule has 126 valence electrons. The van der Waals surface area contributed by atoms with E-state index in [0.717, 1.165) is 5.56 Å². The van der Waals surface area contributed by atoms with E-state index in [1.165, 1.54) is 5.56 Å². The molecule has 5 heteroatoms. The van der Waals surface area contributed by atoms with Crippen molar-refractivity contribution in [3.8, 4) is 17.5 Å². The molecule has 1 aromatic heterocycles. The van der Waals surface area contributed by atoms with Crippen LogP contribution in [0.5, 0.6) is 0 Å². The summed E-state index contributed by atoms with van der Waals surface area (Å²) in [6, 6.07) is 19.9. The Bertz CT molecular complexity index is 849. The minimum absolute atomic E-state index is 0.271. The van der Waals surface area contributed by atoms with Gasteiger partial charge in [0.2, 0.25) is 11.8 Å². The second kappa shape index (κ2) is 7.73. The Kier molecular flexibility index (Phi) is 5.22. The van der Waals surface area contributed by atoms with E-state index >= 15 is 0 Å². The molecule has 0 radical (unpaired) electrons. The standard InChI is InChI=1S/C20H20N4O/c1-14(17-6-4-3-5-7-17)15(2)22-13-19-23-24-20(25-19)18-10-8-16(12-21)9-11-18/h3-11,14-15,22H,13H2,1-2H3/t14-,15-/m1/s1. The van der Waals surface area contributed by atoms with Gasteiger partial charge in [0.05, 0.1) is 18.2 Å². The van der Waals surface area contributed by atoms with Crippen molar-refractivity contribution in [2.24, 2.45) is 0 Å². The number of nitriles is 1. The third kappa shape index (κ3) is 4.11. The van der Waals surface area contributed by atoms with Crippen molar-refractivity contribution in [2.75, 3.05) is 0 Å². The van der Waals surface area contributed by atoms with Gasteiger partial charge in [0.15, 0.2) is 0 Å². The van der Waals surface area contributed by atoms with Crippen LogP contribution in [-0.4, -0.2) is 16.2 Å². The molecule has 1 heterocycles. The summed E-state index contributed by atoms with van der Waals surface area (Å²) in [6.45, 7) is 4.86. The van der Waals surface area contributed by atoms with Crippen molar-refractivity contribution in [3.05, 3.63) is 71.6 Å². The third-order valence-electron chi connectivity index (χ3n) is 4.38. The van der Waals surface area contributed by atoms with E-state index in [4.69, 9.17) is 9.68 Å². The monoisotopic (exact) mass is 332 g/mol. The van der Waals surface area contributed by atoms with Gasteiger partial charge < -0.3 is 9.73 Å². The van der Waals surface area contributed by atoms with Crippen molar-refractivity contribution in [1.29, 1.82) is 5.26 Å². The second-order valence-corrected chi connectivity index (χ2v) is 6.06. The Labute approximate surface area is 147 Å². The van der Waals surface area contributed by atoms with E-state index in [9.17, 15) is 0 Å². The zero-order valence-corrected chi connectivity index (χ0v) is 14.3. The van der Waals surface area contributed by atoms with Crippen molar-refractivity contribution in [1.82, 2.24) is 15.5 Å². The summed E-state index contributed by atoms with van der Waals surface area (Å²) >= 11 is 0. The van der Waals surface area contributed by atoms with Crippen LogP contribution < -0.4 is 5.32 Å². The minimum Gasteiger partial charge on any atom is -0.419 e. The van der Waals surface area contributed by atoms with E-state index in [0.29, 0.717) is 29.8 Å². The summed E-state index contributed by atoms with van der Waals surface area (Å²) < 4.78 is 5.71. The maximum atomic E-state index is 8.84. The topological polar surface area (TPSA) is 74.7 Å². The Morgan fingerprint density at radius 1 is 1.04 bits per heavy atom. The molecule has 0 saturated heterocycles. The molecule has 0 aliphatic heterocycles. The number of aromatic nitrogens is 2. The van der Waals surface area contributed by atoms with Crippen LogP contribution in [0.3, 0.4) is 0 Å². The van der Waals surface area contributed by atoms with E-state index < -0.39 is 0 Å². The highest BCUT2D eigenvalue weighted by Gasteiger charge is 2.15. The van der Waals surface area contributed by atoms with Gasteiger partial charge in [-0.2, -0.15) is 5.26 Å². The van der Waals surface area contributed by atoms with Crippen LogP contribution in [0.4, 0.5) is 0 Å². The molecule has 2 atom stereocenters. The second-order valence-electron chi connectivity index (χ2n) is 6.06. The predicted molar refractivity (Wildman–Crippen MR) is 95.6 cm³/mol. The molecule has 3 rings (SSSR count). The molecule has 2 aromatic carbocycles. The van der Waals surface area contributed by atoms with Crippen LogP contribution >= 0.6 is 0 Å². The van der Waals surface area contributed by atoms with Crippen LogP contribution in [-0.2, 0) is 6.54 Å². The molecular formula is C20H20N4O. The smallest absolute Gasteiger partial charge is 0.247 e. The van der Waals surface area contributed by atoms with Gasteiger partial charge >= 0.3 is 0 Å². The number of benzene rings is 2. The highest BCUT2D eigenvalue weighted by molar-refractivity contribution is 5.54. The Morgan fingerprint density at radius 2 is 1.76 bits per heavy atom. The summed E-state index contributed by atoms with van der Waals surface area (Å²) in [5.41, 5.74) is 2.71. The molecule has 0 bridgehead atoms. The first-order valence-electron chi connectivity index (χ1n) is 8.28. The molecule has 0 spiro atoms. The lowest BCUT2D eigenvalue weighted by atomic mass is 9.94. The van der Waals surface area contributed by atoms with Gasteiger partial charge in [-0.1, -0.05) is 37.3 Å². The normalized spacial score (nSPS) is 13.2. The van der Waals surface area contributed by atoms with Gasteiger partial charge in [-0.25, -0.2) is 0 Å². The quantitative estimate of drug-likeness (QED) is 0.741. The maximum absolute atomic E-state index is 8.84. The van der Waals surface area contributed by atoms with Gasteiger partial charge in [0.1, 0.15) is 0 Å². The van der Waals surface area contributed by atoms with Crippen molar-refractivity contribution in [2.45, 2.75) is 32.4 Å². The van der Waals surface area contributed by atoms with E-state index in [1.54, 1.807) is 12.1 Å². The Hall–Kier alpha value is -2.97. The maximum Gasteiger partial charge on any atom is 0.247 e. The summed E-state index contributed by atoms with van der Waals surface area (Å²) in [6.07, 6.45) is 0. The average Bonchev–Trinajstić information content (AvgIpc) is 3.15. The fraction of sp³-hybridized carbons (Fsp3) is 0.250. The molecule has 0 aliphatic rings. The van der Waals surface area contributed by atoms with Crippen molar-refractivity contribution >= 4 is 0 Å². The average molecular weight is 332 g/mol. The van der Waals surface area contributed by atoms with Crippen LogP contribution in [0.15, 0.2) is 59.0 Å².